The van der Waals surface area contributed by atoms with Crippen LogP contribution in [0.15, 0.2) is 55.2 Å². The molecule has 0 unspecified atom stereocenters. The zero-order chi connectivity index (χ0) is 29.1. The molecule has 2 saturated carbocycles. The highest BCUT2D eigenvalue weighted by Gasteiger charge is 2.27. The lowest BCUT2D eigenvalue weighted by Crippen LogP contribution is -2.48. The van der Waals surface area contributed by atoms with Crippen LogP contribution in [0.2, 0.25) is 0 Å². The molecule has 0 saturated heterocycles. The number of fused-ring (bicyclic) bond motifs is 1. The Hall–Kier alpha value is -4.65. The fraction of sp³-hybridized carbons (Fsp3) is 0.379. The molecule has 13 heteroatoms. The summed E-state index contributed by atoms with van der Waals surface area (Å²) in [6.45, 7) is 0. The first kappa shape index (κ1) is 27.5. The van der Waals surface area contributed by atoms with Crippen molar-refractivity contribution in [3.8, 4) is 0 Å². The van der Waals surface area contributed by atoms with Crippen LogP contribution in [0.5, 0.6) is 0 Å². The van der Waals surface area contributed by atoms with Gasteiger partial charge in [0.15, 0.2) is 17.2 Å². The molecule has 6 N–H and O–H groups in total. The smallest absolute Gasteiger partial charge is 0.276 e. The SMILES string of the molecule is N[C@@H](Cc1cccnc1)C(=O)NC1CCC(Nc2cc(NC3CC3)c3ncc(C(=O)Nc4ccncc4F)n3n2)CC1. The summed E-state index contributed by atoms with van der Waals surface area (Å²) >= 11 is 0. The lowest BCUT2D eigenvalue weighted by Gasteiger charge is -2.30. The molecule has 4 aromatic rings. The Labute approximate surface area is 241 Å². The summed E-state index contributed by atoms with van der Waals surface area (Å²) in [5.74, 6) is -0.726. The second-order valence-electron chi connectivity index (χ2n) is 10.9. The Morgan fingerprint density at radius 3 is 2.43 bits per heavy atom. The van der Waals surface area contributed by atoms with Crippen LogP contribution >= 0.6 is 0 Å². The number of aromatic nitrogens is 5. The van der Waals surface area contributed by atoms with Crippen molar-refractivity contribution in [2.75, 3.05) is 16.0 Å². The van der Waals surface area contributed by atoms with E-state index in [1.165, 1.54) is 23.0 Å². The molecule has 42 heavy (non-hydrogen) atoms. The summed E-state index contributed by atoms with van der Waals surface area (Å²) in [6, 6.07) is 6.96. The first-order chi connectivity index (χ1) is 20.4. The van der Waals surface area contributed by atoms with Crippen LogP contribution in [-0.4, -0.2) is 60.5 Å². The van der Waals surface area contributed by atoms with Gasteiger partial charge in [0.1, 0.15) is 5.82 Å². The minimum Gasteiger partial charge on any atom is -0.379 e. The van der Waals surface area contributed by atoms with Crippen LogP contribution in [0.3, 0.4) is 0 Å². The van der Waals surface area contributed by atoms with Crippen LogP contribution in [0.25, 0.3) is 5.65 Å². The third kappa shape index (κ3) is 6.46. The van der Waals surface area contributed by atoms with E-state index in [2.05, 4.69) is 41.3 Å². The van der Waals surface area contributed by atoms with Crippen molar-refractivity contribution in [3.63, 3.8) is 0 Å². The fourth-order valence-electron chi connectivity index (χ4n) is 5.18. The van der Waals surface area contributed by atoms with E-state index in [-0.39, 0.29) is 29.4 Å². The van der Waals surface area contributed by atoms with Crippen molar-refractivity contribution in [1.29, 1.82) is 0 Å². The predicted molar refractivity (Wildman–Crippen MR) is 156 cm³/mol. The summed E-state index contributed by atoms with van der Waals surface area (Å²) in [4.78, 5) is 38.0. The van der Waals surface area contributed by atoms with Gasteiger partial charge in [-0.15, -0.1) is 5.10 Å². The molecule has 2 aliphatic carbocycles. The number of halogens is 1. The Morgan fingerprint density at radius 1 is 0.952 bits per heavy atom. The Balaban J connectivity index is 1.11. The lowest BCUT2D eigenvalue weighted by atomic mass is 9.91. The number of nitrogens with two attached hydrogens (primary N) is 1. The molecule has 4 heterocycles. The van der Waals surface area contributed by atoms with Gasteiger partial charge in [-0.25, -0.2) is 13.9 Å². The van der Waals surface area contributed by atoms with Crippen molar-refractivity contribution in [2.24, 2.45) is 5.73 Å². The average Bonchev–Trinajstić information content (AvgIpc) is 3.70. The molecule has 2 amide bonds. The van der Waals surface area contributed by atoms with Crippen LogP contribution in [-0.2, 0) is 11.2 Å². The highest BCUT2D eigenvalue weighted by Crippen LogP contribution is 2.30. The largest absolute Gasteiger partial charge is 0.379 e. The third-order valence-electron chi connectivity index (χ3n) is 7.60. The van der Waals surface area contributed by atoms with Gasteiger partial charge < -0.3 is 27.0 Å². The minimum absolute atomic E-state index is 0.0254. The topological polar surface area (TPSA) is 164 Å². The molecule has 12 nitrogen and oxygen atoms in total. The third-order valence-corrected chi connectivity index (χ3v) is 7.60. The number of carbonyl (C=O) groups is 2. The quantitative estimate of drug-likeness (QED) is 0.192. The molecule has 218 valence electrons. The van der Waals surface area contributed by atoms with E-state index in [1.807, 2.05) is 18.2 Å². The highest BCUT2D eigenvalue weighted by atomic mass is 19.1. The molecule has 2 aliphatic rings. The van der Waals surface area contributed by atoms with Crippen molar-refractivity contribution >= 4 is 34.7 Å². The van der Waals surface area contributed by atoms with E-state index in [0.29, 0.717) is 23.9 Å². The normalized spacial score (nSPS) is 19.2. The Bertz CT molecular complexity index is 1570. The standard InChI is InChI=1S/C29H33FN10O2/c30-21-15-33-11-9-23(21)38-29(42)25-16-34-27-24(35-18-3-4-18)13-26(39-40(25)27)36-19-5-7-20(8-6-19)37-28(41)22(31)12-17-2-1-10-32-14-17/h1-2,9-11,13-16,18-20,22,35H,3-8,12,31H2,(H,36,39)(H,37,41)(H,33,38,42)/t19?,20?,22-/m0/s1. The zero-order valence-electron chi connectivity index (χ0n) is 23.0. The molecule has 1 atom stereocenters. The van der Waals surface area contributed by atoms with Crippen LogP contribution in [0.1, 0.15) is 54.6 Å². The van der Waals surface area contributed by atoms with E-state index >= 15 is 0 Å². The van der Waals surface area contributed by atoms with Gasteiger partial charge in [-0.2, -0.15) is 0 Å². The van der Waals surface area contributed by atoms with Crippen molar-refractivity contribution in [3.05, 3.63) is 72.3 Å². The van der Waals surface area contributed by atoms with Crippen LogP contribution in [0, 0.1) is 5.82 Å². The first-order valence-electron chi connectivity index (χ1n) is 14.2. The molecule has 2 fully saturated rings. The maximum Gasteiger partial charge on any atom is 0.276 e. The number of nitrogens with zero attached hydrogens (tertiary/aromatic N) is 5. The first-order valence-corrected chi connectivity index (χ1v) is 14.2. The summed E-state index contributed by atoms with van der Waals surface area (Å²) in [5, 5.41) is 17.3. The number of pyridine rings is 2. The molecule has 0 aromatic carbocycles. The number of imidazole rings is 1. The number of hydrogen-bond acceptors (Lipinski definition) is 9. The van der Waals surface area contributed by atoms with E-state index in [1.54, 1.807) is 12.4 Å². The Morgan fingerprint density at radius 2 is 1.69 bits per heavy atom. The van der Waals surface area contributed by atoms with Gasteiger partial charge in [-0.3, -0.25) is 19.6 Å². The van der Waals surface area contributed by atoms with E-state index in [4.69, 9.17) is 5.73 Å². The zero-order valence-corrected chi connectivity index (χ0v) is 23.0. The van der Waals surface area contributed by atoms with E-state index < -0.39 is 17.8 Å². The van der Waals surface area contributed by atoms with Gasteiger partial charge in [-0.05, 0) is 62.6 Å². The lowest BCUT2D eigenvalue weighted by molar-refractivity contribution is -0.123. The second-order valence-corrected chi connectivity index (χ2v) is 10.9. The molecule has 0 radical (unpaired) electrons. The highest BCUT2D eigenvalue weighted by molar-refractivity contribution is 6.03. The van der Waals surface area contributed by atoms with Gasteiger partial charge in [0.2, 0.25) is 5.91 Å². The van der Waals surface area contributed by atoms with E-state index in [0.717, 1.165) is 56.0 Å². The maximum absolute atomic E-state index is 14.1. The van der Waals surface area contributed by atoms with Crippen molar-refractivity contribution in [1.82, 2.24) is 29.9 Å². The number of nitrogens with one attached hydrogen (secondary N) is 4. The number of amides is 2. The number of rotatable bonds is 10. The molecular weight excluding hydrogens is 539 g/mol. The number of anilines is 3. The molecule has 0 aliphatic heterocycles. The molecule has 6 rings (SSSR count). The average molecular weight is 573 g/mol. The monoisotopic (exact) mass is 572 g/mol. The van der Waals surface area contributed by atoms with Crippen LogP contribution in [0.4, 0.5) is 21.6 Å². The van der Waals surface area contributed by atoms with E-state index in [9.17, 15) is 14.0 Å². The number of carbonyl (C=O) groups excluding carboxylic acids is 2. The summed E-state index contributed by atoms with van der Waals surface area (Å²) in [5.41, 5.74) is 8.56. The Kier molecular flexibility index (Phi) is 7.91. The number of hydrogen-bond donors (Lipinski definition) is 5. The fourth-order valence-corrected chi connectivity index (χ4v) is 5.18. The van der Waals surface area contributed by atoms with Gasteiger partial charge in [0, 0.05) is 42.8 Å². The van der Waals surface area contributed by atoms with Gasteiger partial charge in [0.25, 0.3) is 5.91 Å². The molecule has 0 spiro atoms. The van der Waals surface area contributed by atoms with Crippen LogP contribution < -0.4 is 27.0 Å². The van der Waals surface area contributed by atoms with Crippen molar-refractivity contribution < 1.29 is 14.0 Å². The predicted octanol–water partition coefficient (Wildman–Crippen LogP) is 2.89. The summed E-state index contributed by atoms with van der Waals surface area (Å²) in [6.07, 6.45) is 13.1. The minimum atomic E-state index is -0.631. The van der Waals surface area contributed by atoms with Gasteiger partial charge >= 0.3 is 0 Å². The summed E-state index contributed by atoms with van der Waals surface area (Å²) in [7, 11) is 0. The molecular formula is C29H33FN10O2. The van der Waals surface area contributed by atoms with Crippen molar-refractivity contribution in [2.45, 2.75) is 69.1 Å². The van der Waals surface area contributed by atoms with Gasteiger partial charge in [0.05, 0.1) is 29.8 Å². The summed E-state index contributed by atoms with van der Waals surface area (Å²) < 4.78 is 15.6. The molecule has 0 bridgehead atoms. The second kappa shape index (κ2) is 12.1. The van der Waals surface area contributed by atoms with Gasteiger partial charge in [-0.1, -0.05) is 6.07 Å². The molecule has 4 aromatic heterocycles. The maximum atomic E-state index is 14.1.